The molecule has 2 heterocycles. The molecule has 10 heteroatoms. The smallest absolute Gasteiger partial charge is 0.308 e. The molecule has 2 aromatic carbocycles. The van der Waals surface area contributed by atoms with Gasteiger partial charge in [-0.25, -0.2) is 13.8 Å². The van der Waals surface area contributed by atoms with Crippen molar-refractivity contribution < 1.29 is 28.9 Å². The highest BCUT2D eigenvalue weighted by Gasteiger charge is 2.30. The summed E-state index contributed by atoms with van der Waals surface area (Å²) in [4.78, 5) is 18.2. The van der Waals surface area contributed by atoms with Gasteiger partial charge in [0.15, 0.2) is 11.6 Å². The fraction of sp³-hybridized carbons (Fsp3) is 0.0526. The van der Waals surface area contributed by atoms with Crippen LogP contribution < -0.4 is 0 Å². The summed E-state index contributed by atoms with van der Waals surface area (Å²) in [6.07, 6.45) is 0.647. The van der Waals surface area contributed by atoms with Gasteiger partial charge in [-0.3, -0.25) is 9.36 Å². The summed E-state index contributed by atoms with van der Waals surface area (Å²) >= 11 is 5.80. The molecule has 0 fully saturated rings. The van der Waals surface area contributed by atoms with Crippen LogP contribution in [0.5, 0.6) is 11.6 Å². The van der Waals surface area contributed by atoms with Crippen LogP contribution in [0.4, 0.5) is 8.78 Å². The molecule has 4 rings (SSSR count). The molecule has 2 aromatic heterocycles. The van der Waals surface area contributed by atoms with Crippen LogP contribution in [0.2, 0.25) is 5.02 Å². The third-order valence-corrected chi connectivity index (χ3v) is 4.78. The molecule has 29 heavy (non-hydrogen) atoms. The van der Waals surface area contributed by atoms with Crippen LogP contribution in [-0.2, 0) is 11.2 Å². The van der Waals surface area contributed by atoms with Crippen molar-refractivity contribution >= 4 is 28.6 Å². The number of fused-ring (bicyclic) bond motifs is 1. The van der Waals surface area contributed by atoms with E-state index < -0.39 is 46.2 Å². The van der Waals surface area contributed by atoms with Crippen molar-refractivity contribution in [2.45, 2.75) is 6.42 Å². The Balaban J connectivity index is 2.11. The molecule has 7 nitrogen and oxygen atoms in total. The van der Waals surface area contributed by atoms with Crippen LogP contribution in [0, 0.1) is 11.6 Å². The average Bonchev–Trinajstić information content (AvgIpc) is 3.23. The summed E-state index contributed by atoms with van der Waals surface area (Å²) in [6.45, 7) is 0. The first-order chi connectivity index (χ1) is 13.8. The van der Waals surface area contributed by atoms with E-state index in [1.54, 1.807) is 6.07 Å². The number of nitrogens with one attached hydrogen (secondary N) is 1. The van der Waals surface area contributed by atoms with E-state index >= 15 is 0 Å². The van der Waals surface area contributed by atoms with E-state index in [0.29, 0.717) is 11.0 Å². The number of nitrogens with zero attached hydrogens (tertiary/aromatic N) is 2. The average molecular weight is 420 g/mol. The molecule has 0 unspecified atom stereocenters. The van der Waals surface area contributed by atoms with Crippen LogP contribution in [0.1, 0.15) is 5.56 Å². The topological polar surface area (TPSA) is 111 Å². The second-order valence-corrected chi connectivity index (χ2v) is 6.63. The molecule has 0 amide bonds. The lowest BCUT2D eigenvalue weighted by Crippen LogP contribution is -2.06. The van der Waals surface area contributed by atoms with Crippen molar-refractivity contribution in [3.8, 4) is 28.6 Å². The van der Waals surface area contributed by atoms with E-state index in [1.165, 1.54) is 18.5 Å². The Morgan fingerprint density at radius 3 is 2.69 bits per heavy atom. The SMILES string of the molecule is O=C(O)Cc1c(O)c(O)n(-c2ccc3nc[nH]c3c2)c1-c1c(F)ccc(Cl)c1F. The number of halogens is 3. The van der Waals surface area contributed by atoms with E-state index in [1.807, 2.05) is 0 Å². The van der Waals surface area contributed by atoms with Gasteiger partial charge >= 0.3 is 5.97 Å². The Hall–Kier alpha value is -3.59. The van der Waals surface area contributed by atoms with Gasteiger partial charge in [0.05, 0.1) is 45.7 Å². The maximum Gasteiger partial charge on any atom is 0.308 e. The van der Waals surface area contributed by atoms with Crippen molar-refractivity contribution in [2.24, 2.45) is 0 Å². The Kier molecular flexibility index (Phi) is 4.39. The van der Waals surface area contributed by atoms with Gasteiger partial charge in [-0.1, -0.05) is 11.6 Å². The molecule has 148 valence electrons. The zero-order chi connectivity index (χ0) is 20.9. The molecule has 0 bridgehead atoms. The van der Waals surface area contributed by atoms with Crippen molar-refractivity contribution in [2.75, 3.05) is 0 Å². The van der Waals surface area contributed by atoms with Crippen LogP contribution in [0.3, 0.4) is 0 Å². The minimum absolute atomic E-state index is 0.208. The molecule has 0 aliphatic heterocycles. The van der Waals surface area contributed by atoms with Crippen LogP contribution in [-0.4, -0.2) is 35.8 Å². The minimum Gasteiger partial charge on any atom is -0.503 e. The molecule has 4 N–H and O–H groups in total. The van der Waals surface area contributed by atoms with Gasteiger partial charge in [-0.15, -0.1) is 0 Å². The number of H-pyrrole nitrogens is 1. The summed E-state index contributed by atoms with van der Waals surface area (Å²) < 4.78 is 30.4. The first-order valence-electron chi connectivity index (χ1n) is 8.24. The maximum atomic E-state index is 14.8. The van der Waals surface area contributed by atoms with Crippen LogP contribution >= 0.6 is 11.6 Å². The molecular formula is C19H12ClF2N3O4. The zero-order valence-electron chi connectivity index (χ0n) is 14.4. The number of carbonyl (C=O) groups is 1. The van der Waals surface area contributed by atoms with Crippen molar-refractivity contribution in [1.29, 1.82) is 0 Å². The van der Waals surface area contributed by atoms with Gasteiger partial charge in [-0.2, -0.15) is 0 Å². The molecule has 0 saturated heterocycles. The van der Waals surface area contributed by atoms with Crippen molar-refractivity contribution in [3.63, 3.8) is 0 Å². The molecule has 0 aliphatic carbocycles. The summed E-state index contributed by atoms with van der Waals surface area (Å²) in [5.41, 5.74) is -0.0440. The third kappa shape index (κ3) is 2.95. The molecule has 0 aliphatic rings. The molecule has 0 radical (unpaired) electrons. The number of hydrogen-bond acceptors (Lipinski definition) is 4. The second kappa shape index (κ2) is 6.78. The quantitative estimate of drug-likeness (QED) is 0.374. The second-order valence-electron chi connectivity index (χ2n) is 6.23. The Bertz CT molecular complexity index is 1280. The first kappa shape index (κ1) is 18.8. The maximum absolute atomic E-state index is 14.8. The Labute approximate surface area is 166 Å². The monoisotopic (exact) mass is 419 g/mol. The number of benzene rings is 2. The number of aromatic amines is 1. The van der Waals surface area contributed by atoms with Gasteiger partial charge in [0.25, 0.3) is 0 Å². The number of aromatic nitrogens is 3. The summed E-state index contributed by atoms with van der Waals surface area (Å²) in [5, 5.41) is 29.7. The van der Waals surface area contributed by atoms with Gasteiger partial charge < -0.3 is 20.3 Å². The van der Waals surface area contributed by atoms with Crippen LogP contribution in [0.15, 0.2) is 36.7 Å². The van der Waals surface area contributed by atoms with E-state index in [0.717, 1.165) is 16.7 Å². The lowest BCUT2D eigenvalue weighted by atomic mass is 10.0. The molecule has 4 aromatic rings. The van der Waals surface area contributed by atoms with Gasteiger partial charge in [0, 0.05) is 5.56 Å². The highest BCUT2D eigenvalue weighted by Crippen LogP contribution is 2.45. The number of hydrogen-bond donors (Lipinski definition) is 4. The molecule has 0 atom stereocenters. The largest absolute Gasteiger partial charge is 0.503 e. The van der Waals surface area contributed by atoms with Crippen molar-refractivity contribution in [3.05, 3.63) is 58.9 Å². The molecule has 0 saturated carbocycles. The fourth-order valence-electron chi connectivity index (χ4n) is 3.23. The standard InChI is InChI=1S/C19H12ClF2N3O4/c20-10-2-3-11(21)15(16(10)22)17-9(6-14(26)27)18(28)19(29)25(17)8-1-4-12-13(5-8)24-7-23-12/h1-5,7,28-29H,6H2,(H,23,24)(H,26,27). The summed E-state index contributed by atoms with van der Waals surface area (Å²) in [5.74, 6) is -5.13. The highest BCUT2D eigenvalue weighted by molar-refractivity contribution is 6.31. The van der Waals surface area contributed by atoms with Crippen molar-refractivity contribution in [1.82, 2.24) is 14.5 Å². The predicted octanol–water partition coefficient (Wildman–Crippen LogP) is 3.99. The number of imidazole rings is 1. The number of aromatic hydroxyl groups is 2. The lowest BCUT2D eigenvalue weighted by molar-refractivity contribution is -0.136. The van der Waals surface area contributed by atoms with Gasteiger partial charge in [-0.05, 0) is 30.3 Å². The van der Waals surface area contributed by atoms with E-state index in [4.69, 9.17) is 11.6 Å². The normalized spacial score (nSPS) is 11.3. The third-order valence-electron chi connectivity index (χ3n) is 4.49. The van der Waals surface area contributed by atoms with E-state index in [-0.39, 0.29) is 16.9 Å². The lowest BCUT2D eigenvalue weighted by Gasteiger charge is -2.14. The van der Waals surface area contributed by atoms with E-state index in [2.05, 4.69) is 9.97 Å². The Morgan fingerprint density at radius 1 is 1.21 bits per heavy atom. The number of carboxylic acids is 1. The minimum atomic E-state index is -1.37. The number of aliphatic carboxylic acids is 1. The Morgan fingerprint density at radius 2 is 1.97 bits per heavy atom. The fourth-order valence-corrected chi connectivity index (χ4v) is 3.39. The summed E-state index contributed by atoms with van der Waals surface area (Å²) in [7, 11) is 0. The zero-order valence-corrected chi connectivity index (χ0v) is 15.2. The van der Waals surface area contributed by atoms with E-state index in [9.17, 15) is 28.9 Å². The highest BCUT2D eigenvalue weighted by atomic mass is 35.5. The van der Waals surface area contributed by atoms with Gasteiger partial charge in [0.1, 0.15) is 5.82 Å². The number of carboxylic acid groups (broad SMARTS) is 1. The van der Waals surface area contributed by atoms with Gasteiger partial charge in [0.2, 0.25) is 5.88 Å². The predicted molar refractivity (Wildman–Crippen MR) is 100 cm³/mol. The van der Waals surface area contributed by atoms with Crippen LogP contribution in [0.25, 0.3) is 28.0 Å². The molecular weight excluding hydrogens is 408 g/mol. The first-order valence-corrected chi connectivity index (χ1v) is 8.62. The summed E-state index contributed by atoms with van der Waals surface area (Å²) in [6, 6.07) is 6.53. The molecule has 0 spiro atoms. The number of rotatable bonds is 4.